The van der Waals surface area contributed by atoms with Gasteiger partial charge in [-0.3, -0.25) is 9.48 Å². The Bertz CT molecular complexity index is 1240. The quantitative estimate of drug-likeness (QED) is 0.350. The van der Waals surface area contributed by atoms with E-state index in [9.17, 15) is 9.18 Å². The van der Waals surface area contributed by atoms with Crippen LogP contribution in [0.1, 0.15) is 21.5 Å². The Morgan fingerprint density at radius 2 is 1.78 bits per heavy atom. The number of rotatable bonds is 7. The molecular weight excluding hydrogens is 452 g/mol. The molecule has 0 atom stereocenters. The number of hydrogen-bond acceptors (Lipinski definition) is 3. The number of carbonyl (C=O) groups is 1. The van der Waals surface area contributed by atoms with Crippen molar-refractivity contribution in [3.05, 3.63) is 112 Å². The maximum atomic E-state index is 13.0. The topological polar surface area (TPSA) is 56.2 Å². The molecule has 162 valence electrons. The van der Waals surface area contributed by atoms with Crippen molar-refractivity contribution in [3.8, 4) is 5.75 Å². The first-order valence-electron chi connectivity index (χ1n) is 9.73. The molecule has 0 unspecified atom stereocenters. The van der Waals surface area contributed by atoms with E-state index in [1.807, 2.05) is 6.07 Å². The van der Waals surface area contributed by atoms with Crippen LogP contribution >= 0.6 is 23.2 Å². The Labute approximate surface area is 194 Å². The van der Waals surface area contributed by atoms with Crippen molar-refractivity contribution in [3.63, 3.8) is 0 Å². The van der Waals surface area contributed by atoms with Crippen LogP contribution in [-0.4, -0.2) is 15.7 Å². The summed E-state index contributed by atoms with van der Waals surface area (Å²) in [5, 5.41) is 7.89. The van der Waals surface area contributed by atoms with Crippen LogP contribution in [0.3, 0.4) is 0 Å². The van der Waals surface area contributed by atoms with E-state index in [1.165, 1.54) is 12.1 Å². The third kappa shape index (κ3) is 5.46. The van der Waals surface area contributed by atoms with Crippen molar-refractivity contribution in [1.82, 2.24) is 9.78 Å². The number of hydrogen-bond donors (Lipinski definition) is 1. The normalized spacial score (nSPS) is 10.7. The first-order valence-corrected chi connectivity index (χ1v) is 10.5. The lowest BCUT2D eigenvalue weighted by Crippen LogP contribution is -2.13. The second-order valence-electron chi connectivity index (χ2n) is 7.02. The van der Waals surface area contributed by atoms with Crippen LogP contribution in [0.15, 0.2) is 79.0 Å². The zero-order valence-electron chi connectivity index (χ0n) is 16.8. The zero-order chi connectivity index (χ0) is 22.5. The van der Waals surface area contributed by atoms with Gasteiger partial charge in [-0.2, -0.15) is 5.10 Å². The fraction of sp³-hybridized carbons (Fsp3) is 0.0833. The highest BCUT2D eigenvalue weighted by molar-refractivity contribution is 6.42. The zero-order valence-corrected chi connectivity index (χ0v) is 18.3. The van der Waals surface area contributed by atoms with Crippen LogP contribution in [0.2, 0.25) is 10.0 Å². The number of nitrogens with zero attached hydrogens (tertiary/aromatic N) is 2. The molecule has 1 N–H and O–H groups in total. The molecule has 0 spiro atoms. The molecule has 0 aliphatic heterocycles. The number of anilines is 1. The van der Waals surface area contributed by atoms with Crippen LogP contribution in [0.4, 0.5) is 10.2 Å². The molecule has 0 aliphatic rings. The van der Waals surface area contributed by atoms with Gasteiger partial charge in [0, 0.05) is 17.8 Å². The van der Waals surface area contributed by atoms with Crippen LogP contribution in [-0.2, 0) is 13.2 Å². The minimum atomic E-state index is -0.292. The highest BCUT2D eigenvalue weighted by atomic mass is 35.5. The molecule has 0 bridgehead atoms. The van der Waals surface area contributed by atoms with Gasteiger partial charge in [0.15, 0.2) is 5.82 Å². The van der Waals surface area contributed by atoms with E-state index in [4.69, 9.17) is 27.9 Å². The minimum absolute atomic E-state index is 0.230. The van der Waals surface area contributed by atoms with Crippen molar-refractivity contribution in [2.75, 3.05) is 5.32 Å². The molecule has 8 heteroatoms. The minimum Gasteiger partial charge on any atom is -0.487 e. The number of carbonyl (C=O) groups excluding carboxylic acids is 1. The lowest BCUT2D eigenvalue weighted by atomic mass is 10.1. The standard InChI is InChI=1S/C24H18Cl2FN3O2/c25-20-5-2-6-21(23(20)26)32-15-17-3-1-4-18(13-17)24(31)28-22-11-12-30(29-22)14-16-7-9-19(27)10-8-16/h1-13H,14-15H2,(H,28,29,31). The SMILES string of the molecule is O=C(Nc1ccn(Cc2ccc(F)cc2)n1)c1cccc(COc2cccc(Cl)c2Cl)c1. The number of aromatic nitrogens is 2. The summed E-state index contributed by atoms with van der Waals surface area (Å²) < 4.78 is 20.4. The second kappa shape index (κ2) is 9.85. The highest BCUT2D eigenvalue weighted by Gasteiger charge is 2.10. The summed E-state index contributed by atoms with van der Waals surface area (Å²) in [5.74, 6) is 0.315. The van der Waals surface area contributed by atoms with Gasteiger partial charge in [-0.25, -0.2) is 4.39 Å². The van der Waals surface area contributed by atoms with Gasteiger partial charge in [-0.1, -0.05) is 53.5 Å². The molecule has 0 fully saturated rings. The Balaban J connectivity index is 1.38. The summed E-state index contributed by atoms with van der Waals surface area (Å²) in [4.78, 5) is 12.7. The van der Waals surface area contributed by atoms with E-state index in [0.29, 0.717) is 33.7 Å². The Morgan fingerprint density at radius 1 is 1.00 bits per heavy atom. The maximum Gasteiger partial charge on any atom is 0.256 e. The Hall–Kier alpha value is -3.35. The van der Waals surface area contributed by atoms with Gasteiger partial charge in [0.2, 0.25) is 0 Å². The van der Waals surface area contributed by atoms with E-state index in [-0.39, 0.29) is 18.3 Å². The maximum absolute atomic E-state index is 13.0. The molecule has 0 saturated heterocycles. The fourth-order valence-electron chi connectivity index (χ4n) is 3.04. The van der Waals surface area contributed by atoms with E-state index in [2.05, 4.69) is 10.4 Å². The molecular formula is C24H18Cl2FN3O2. The van der Waals surface area contributed by atoms with Gasteiger partial charge >= 0.3 is 0 Å². The Morgan fingerprint density at radius 3 is 2.59 bits per heavy atom. The van der Waals surface area contributed by atoms with Gasteiger partial charge in [0.25, 0.3) is 5.91 Å². The van der Waals surface area contributed by atoms with E-state index < -0.39 is 0 Å². The second-order valence-corrected chi connectivity index (χ2v) is 7.81. The first kappa shape index (κ1) is 21.9. The molecule has 1 aromatic heterocycles. The summed E-state index contributed by atoms with van der Waals surface area (Å²) in [6.45, 7) is 0.697. The van der Waals surface area contributed by atoms with Crippen LogP contribution in [0.5, 0.6) is 5.75 Å². The van der Waals surface area contributed by atoms with Crippen LogP contribution in [0.25, 0.3) is 0 Å². The van der Waals surface area contributed by atoms with Gasteiger partial charge in [0.1, 0.15) is 23.2 Å². The van der Waals surface area contributed by atoms with E-state index in [0.717, 1.165) is 11.1 Å². The Kier molecular flexibility index (Phi) is 6.73. The summed E-state index contributed by atoms with van der Waals surface area (Å²) >= 11 is 12.1. The number of benzene rings is 3. The lowest BCUT2D eigenvalue weighted by Gasteiger charge is -2.10. The number of nitrogens with one attached hydrogen (secondary N) is 1. The molecule has 0 saturated carbocycles. The van der Waals surface area contributed by atoms with Crippen molar-refractivity contribution < 1.29 is 13.9 Å². The van der Waals surface area contributed by atoms with E-state index in [1.54, 1.807) is 65.5 Å². The van der Waals surface area contributed by atoms with Crippen LogP contribution < -0.4 is 10.1 Å². The summed E-state index contributed by atoms with van der Waals surface area (Å²) in [6, 6.07) is 20.1. The smallest absolute Gasteiger partial charge is 0.256 e. The van der Waals surface area contributed by atoms with Crippen molar-refractivity contribution in [1.29, 1.82) is 0 Å². The molecule has 0 aliphatic carbocycles. The summed E-state index contributed by atoms with van der Waals surface area (Å²) in [7, 11) is 0. The third-order valence-electron chi connectivity index (χ3n) is 4.64. The first-order chi connectivity index (χ1) is 15.5. The molecule has 1 heterocycles. The highest BCUT2D eigenvalue weighted by Crippen LogP contribution is 2.32. The van der Waals surface area contributed by atoms with Crippen molar-refractivity contribution in [2.24, 2.45) is 0 Å². The lowest BCUT2D eigenvalue weighted by molar-refractivity contribution is 0.102. The van der Waals surface area contributed by atoms with Crippen molar-refractivity contribution in [2.45, 2.75) is 13.2 Å². The average molecular weight is 470 g/mol. The number of amides is 1. The largest absolute Gasteiger partial charge is 0.487 e. The van der Waals surface area contributed by atoms with E-state index >= 15 is 0 Å². The van der Waals surface area contributed by atoms with Gasteiger partial charge in [0.05, 0.1) is 11.6 Å². The molecule has 4 rings (SSSR count). The molecule has 5 nitrogen and oxygen atoms in total. The monoisotopic (exact) mass is 469 g/mol. The van der Waals surface area contributed by atoms with Gasteiger partial charge < -0.3 is 10.1 Å². The molecule has 4 aromatic rings. The summed E-state index contributed by atoms with van der Waals surface area (Å²) in [5.41, 5.74) is 2.17. The molecule has 3 aromatic carbocycles. The number of halogens is 3. The summed E-state index contributed by atoms with van der Waals surface area (Å²) in [6.07, 6.45) is 1.75. The molecule has 1 amide bonds. The predicted octanol–water partition coefficient (Wildman–Crippen LogP) is 6.21. The van der Waals surface area contributed by atoms with Crippen LogP contribution in [0, 0.1) is 5.82 Å². The van der Waals surface area contributed by atoms with Gasteiger partial charge in [-0.15, -0.1) is 0 Å². The van der Waals surface area contributed by atoms with Gasteiger partial charge in [-0.05, 0) is 47.5 Å². The third-order valence-corrected chi connectivity index (χ3v) is 5.44. The predicted molar refractivity (Wildman–Crippen MR) is 123 cm³/mol. The molecule has 32 heavy (non-hydrogen) atoms. The van der Waals surface area contributed by atoms with Crippen molar-refractivity contribution >= 4 is 34.9 Å². The fourth-order valence-corrected chi connectivity index (χ4v) is 3.39. The molecule has 0 radical (unpaired) electrons. The average Bonchev–Trinajstić information content (AvgIpc) is 3.23. The number of ether oxygens (including phenoxy) is 1.